The summed E-state index contributed by atoms with van der Waals surface area (Å²) in [6, 6.07) is -0.441. The third-order valence-corrected chi connectivity index (χ3v) is 3.02. The van der Waals surface area contributed by atoms with E-state index in [9.17, 15) is 20.0 Å². The van der Waals surface area contributed by atoms with Crippen molar-refractivity contribution in [3.8, 4) is 0 Å². The molecule has 1 rings (SSSR count). The summed E-state index contributed by atoms with van der Waals surface area (Å²) in [6.45, 7) is 5.59. The van der Waals surface area contributed by atoms with Crippen LogP contribution in [0.4, 0.5) is 5.69 Å². The summed E-state index contributed by atoms with van der Waals surface area (Å²) in [5.41, 5.74) is -0.168. The van der Waals surface area contributed by atoms with E-state index in [2.05, 4.69) is 15.5 Å². The fourth-order valence-corrected chi connectivity index (χ4v) is 2.15. The van der Waals surface area contributed by atoms with E-state index in [0.29, 0.717) is 25.0 Å². The van der Waals surface area contributed by atoms with Crippen molar-refractivity contribution in [3.63, 3.8) is 0 Å². The molecule has 0 aromatic carbocycles. The van der Waals surface area contributed by atoms with Crippen LogP contribution in [0.5, 0.6) is 0 Å². The molecule has 0 saturated carbocycles. The van der Waals surface area contributed by atoms with Gasteiger partial charge in [-0.05, 0) is 18.8 Å². The predicted molar refractivity (Wildman–Crippen MR) is 77.0 cm³/mol. The number of rotatable bonds is 8. The van der Waals surface area contributed by atoms with Crippen LogP contribution in [-0.2, 0) is 6.42 Å². The normalized spacial score (nSPS) is 12.4. The Labute approximate surface area is 123 Å². The molecule has 0 bridgehead atoms. The Hall–Kier alpha value is -1.96. The van der Waals surface area contributed by atoms with Gasteiger partial charge in [-0.15, -0.1) is 0 Å². The Morgan fingerprint density at radius 2 is 2.19 bits per heavy atom. The summed E-state index contributed by atoms with van der Waals surface area (Å²) in [5, 5.41) is 29.3. The zero-order chi connectivity index (χ0) is 16.0. The van der Waals surface area contributed by atoms with Gasteiger partial charge in [-0.1, -0.05) is 27.2 Å². The van der Waals surface area contributed by atoms with Crippen LogP contribution in [0, 0.1) is 16.0 Å². The average Bonchev–Trinajstić information content (AvgIpc) is 2.81. The van der Waals surface area contributed by atoms with Gasteiger partial charge < -0.3 is 10.4 Å². The van der Waals surface area contributed by atoms with Crippen LogP contribution in [0.15, 0.2) is 0 Å². The lowest BCUT2D eigenvalue weighted by molar-refractivity contribution is -0.385. The standard InChI is InChI=1S/C13H22N4O4/c1-4-5-10-12(17(20)21)11(16-15-10)13(19)14-9(7-18)6-8(2)3/h8-9,18H,4-7H2,1-3H3,(H,14,19)(H,15,16). The van der Waals surface area contributed by atoms with Crippen LogP contribution in [-0.4, -0.2) is 38.8 Å². The lowest BCUT2D eigenvalue weighted by Gasteiger charge is -2.17. The molecule has 0 fully saturated rings. The number of aliphatic hydroxyl groups is 1. The zero-order valence-corrected chi connectivity index (χ0v) is 12.5. The predicted octanol–water partition coefficient (Wildman–Crippen LogP) is 1.41. The summed E-state index contributed by atoms with van der Waals surface area (Å²) in [4.78, 5) is 22.7. The molecule has 0 radical (unpaired) electrons. The second-order valence-corrected chi connectivity index (χ2v) is 5.39. The number of hydrogen-bond acceptors (Lipinski definition) is 5. The number of aliphatic hydroxyl groups excluding tert-OH is 1. The summed E-state index contributed by atoms with van der Waals surface area (Å²) < 4.78 is 0. The molecule has 8 nitrogen and oxygen atoms in total. The highest BCUT2D eigenvalue weighted by Gasteiger charge is 2.29. The maximum absolute atomic E-state index is 12.1. The molecule has 1 aromatic heterocycles. The van der Waals surface area contributed by atoms with Gasteiger partial charge in [0.05, 0.1) is 17.6 Å². The van der Waals surface area contributed by atoms with Crippen molar-refractivity contribution in [1.29, 1.82) is 0 Å². The number of aromatic nitrogens is 2. The van der Waals surface area contributed by atoms with Gasteiger partial charge in [-0.2, -0.15) is 5.10 Å². The van der Waals surface area contributed by atoms with Crippen molar-refractivity contribution in [3.05, 3.63) is 21.5 Å². The molecule has 1 heterocycles. The Balaban J connectivity index is 2.94. The summed E-state index contributed by atoms with van der Waals surface area (Å²) >= 11 is 0. The molecule has 21 heavy (non-hydrogen) atoms. The number of amides is 1. The van der Waals surface area contributed by atoms with Gasteiger partial charge in [0, 0.05) is 0 Å². The van der Waals surface area contributed by atoms with Crippen molar-refractivity contribution in [1.82, 2.24) is 15.5 Å². The van der Waals surface area contributed by atoms with E-state index in [1.165, 1.54) is 0 Å². The molecule has 1 unspecified atom stereocenters. The minimum absolute atomic E-state index is 0.218. The average molecular weight is 298 g/mol. The van der Waals surface area contributed by atoms with E-state index < -0.39 is 16.9 Å². The highest BCUT2D eigenvalue weighted by atomic mass is 16.6. The maximum Gasteiger partial charge on any atom is 0.322 e. The first-order valence-electron chi connectivity index (χ1n) is 7.04. The molecule has 118 valence electrons. The molecule has 8 heteroatoms. The minimum Gasteiger partial charge on any atom is -0.394 e. The van der Waals surface area contributed by atoms with Crippen LogP contribution in [0.1, 0.15) is 49.8 Å². The zero-order valence-electron chi connectivity index (χ0n) is 12.5. The van der Waals surface area contributed by atoms with Crippen LogP contribution in [0.25, 0.3) is 0 Å². The highest BCUT2D eigenvalue weighted by Crippen LogP contribution is 2.22. The summed E-state index contributed by atoms with van der Waals surface area (Å²) in [7, 11) is 0. The first-order valence-corrected chi connectivity index (χ1v) is 7.04. The van der Waals surface area contributed by atoms with Crippen LogP contribution < -0.4 is 5.32 Å². The van der Waals surface area contributed by atoms with E-state index in [1.807, 2.05) is 20.8 Å². The van der Waals surface area contributed by atoms with E-state index >= 15 is 0 Å². The number of H-pyrrole nitrogens is 1. The number of nitro groups is 1. The molecule has 0 spiro atoms. The molecule has 3 N–H and O–H groups in total. The van der Waals surface area contributed by atoms with Crippen molar-refractivity contribution >= 4 is 11.6 Å². The fourth-order valence-electron chi connectivity index (χ4n) is 2.15. The number of hydrogen-bond donors (Lipinski definition) is 3. The Morgan fingerprint density at radius 3 is 2.67 bits per heavy atom. The highest BCUT2D eigenvalue weighted by molar-refractivity contribution is 5.96. The van der Waals surface area contributed by atoms with Crippen molar-refractivity contribution in [2.75, 3.05) is 6.61 Å². The van der Waals surface area contributed by atoms with Gasteiger partial charge in [0.2, 0.25) is 5.69 Å². The fraction of sp³-hybridized carbons (Fsp3) is 0.692. The van der Waals surface area contributed by atoms with Crippen molar-refractivity contribution in [2.45, 2.75) is 46.1 Å². The van der Waals surface area contributed by atoms with E-state index in [0.717, 1.165) is 0 Å². The van der Waals surface area contributed by atoms with Gasteiger partial charge in [-0.25, -0.2) is 0 Å². The van der Waals surface area contributed by atoms with Crippen LogP contribution >= 0.6 is 0 Å². The van der Waals surface area contributed by atoms with Gasteiger partial charge >= 0.3 is 5.69 Å². The monoisotopic (exact) mass is 298 g/mol. The van der Waals surface area contributed by atoms with E-state index in [4.69, 9.17) is 0 Å². The molecular formula is C13H22N4O4. The molecule has 0 aliphatic rings. The molecule has 0 saturated heterocycles. The third kappa shape index (κ3) is 4.52. The van der Waals surface area contributed by atoms with Gasteiger partial charge in [0.1, 0.15) is 5.69 Å². The SMILES string of the molecule is CCCc1[nH]nc(C(=O)NC(CO)CC(C)C)c1[N+](=O)[O-]. The van der Waals surface area contributed by atoms with Crippen LogP contribution in [0.3, 0.4) is 0 Å². The van der Waals surface area contributed by atoms with Crippen molar-refractivity contribution < 1.29 is 14.8 Å². The lowest BCUT2D eigenvalue weighted by Crippen LogP contribution is -2.38. The first kappa shape index (κ1) is 17.1. The smallest absolute Gasteiger partial charge is 0.322 e. The van der Waals surface area contributed by atoms with Crippen LogP contribution in [0.2, 0.25) is 0 Å². The molecule has 1 aromatic rings. The molecule has 1 amide bonds. The molecule has 1 atom stereocenters. The second kappa shape index (κ2) is 7.72. The number of nitrogens with zero attached hydrogens (tertiary/aromatic N) is 2. The van der Waals surface area contributed by atoms with Gasteiger partial charge in [-0.3, -0.25) is 20.0 Å². The first-order chi connectivity index (χ1) is 9.90. The van der Waals surface area contributed by atoms with E-state index in [-0.39, 0.29) is 23.9 Å². The largest absolute Gasteiger partial charge is 0.394 e. The summed E-state index contributed by atoms with van der Waals surface area (Å²) in [5.74, 6) is -0.354. The van der Waals surface area contributed by atoms with Gasteiger partial charge in [0.15, 0.2) is 0 Å². The molecule has 0 aliphatic heterocycles. The number of carbonyl (C=O) groups excluding carboxylic acids is 1. The minimum atomic E-state index is -0.639. The molecular weight excluding hydrogens is 276 g/mol. The topological polar surface area (TPSA) is 121 Å². The Bertz CT molecular complexity index is 498. The number of aromatic amines is 1. The Kier molecular flexibility index (Phi) is 6.29. The summed E-state index contributed by atoms with van der Waals surface area (Å²) in [6.07, 6.45) is 1.74. The number of carbonyl (C=O) groups is 1. The van der Waals surface area contributed by atoms with Gasteiger partial charge in [0.25, 0.3) is 5.91 Å². The van der Waals surface area contributed by atoms with Crippen molar-refractivity contribution in [2.24, 2.45) is 5.92 Å². The lowest BCUT2D eigenvalue weighted by atomic mass is 10.0. The quantitative estimate of drug-likeness (QED) is 0.495. The maximum atomic E-state index is 12.1. The second-order valence-electron chi connectivity index (χ2n) is 5.39. The van der Waals surface area contributed by atoms with E-state index in [1.54, 1.807) is 0 Å². The third-order valence-electron chi connectivity index (χ3n) is 3.02. The number of aryl methyl sites for hydroxylation is 1. The Morgan fingerprint density at radius 1 is 1.52 bits per heavy atom. The molecule has 0 aliphatic carbocycles. The number of nitrogens with one attached hydrogen (secondary N) is 2.